The topological polar surface area (TPSA) is 70.7 Å². The summed E-state index contributed by atoms with van der Waals surface area (Å²) >= 11 is 0. The lowest BCUT2D eigenvalue weighted by Crippen LogP contribution is -2.44. The molecule has 0 unspecified atom stereocenters. The Hall–Kier alpha value is -2.86. The van der Waals surface area contributed by atoms with Crippen molar-refractivity contribution in [3.05, 3.63) is 59.7 Å². The number of nitrogens with one attached hydrogen (secondary N) is 2. The van der Waals surface area contributed by atoms with Crippen molar-refractivity contribution in [1.29, 1.82) is 0 Å². The normalized spacial score (nSPS) is 18.0. The van der Waals surface area contributed by atoms with Gasteiger partial charge in [-0.1, -0.05) is 31.4 Å². The third-order valence-corrected chi connectivity index (χ3v) is 6.85. The van der Waals surface area contributed by atoms with E-state index in [0.717, 1.165) is 62.3 Å². The number of ether oxygens (including phenoxy) is 1. The van der Waals surface area contributed by atoms with Crippen molar-refractivity contribution in [2.75, 3.05) is 25.5 Å². The SMILES string of the molecule is COc1ccc(C(=O)Nc2cccc(CN3CCC(C(=O)NC4CCCCC4)CC3)c2)cc1. The fourth-order valence-corrected chi connectivity index (χ4v) is 4.87. The van der Waals surface area contributed by atoms with Crippen LogP contribution in [-0.2, 0) is 11.3 Å². The average molecular weight is 450 g/mol. The minimum Gasteiger partial charge on any atom is -0.497 e. The van der Waals surface area contributed by atoms with E-state index >= 15 is 0 Å². The third-order valence-electron chi connectivity index (χ3n) is 6.85. The number of piperidine rings is 1. The molecule has 2 N–H and O–H groups in total. The standard InChI is InChI=1S/C27H35N3O3/c1-33-25-12-10-21(11-13-25)26(31)29-24-9-5-6-20(18-24)19-30-16-14-22(15-17-30)27(32)28-23-7-3-2-4-8-23/h5-6,9-13,18,22-23H,2-4,7-8,14-17,19H2,1H3,(H,28,32)(H,29,31). The number of rotatable bonds is 7. The molecule has 0 bridgehead atoms. The second-order valence-corrected chi connectivity index (χ2v) is 9.28. The molecule has 33 heavy (non-hydrogen) atoms. The molecule has 6 heteroatoms. The first-order valence-electron chi connectivity index (χ1n) is 12.2. The molecule has 1 heterocycles. The second-order valence-electron chi connectivity index (χ2n) is 9.28. The maximum atomic E-state index is 12.7. The number of carbonyl (C=O) groups excluding carboxylic acids is 2. The lowest BCUT2D eigenvalue weighted by atomic mass is 9.92. The van der Waals surface area contributed by atoms with Gasteiger partial charge in [0.15, 0.2) is 0 Å². The molecule has 2 amide bonds. The summed E-state index contributed by atoms with van der Waals surface area (Å²) in [5, 5.41) is 6.28. The zero-order valence-corrected chi connectivity index (χ0v) is 19.5. The minimum absolute atomic E-state index is 0.137. The molecule has 0 radical (unpaired) electrons. The van der Waals surface area contributed by atoms with Gasteiger partial charge in [-0.3, -0.25) is 14.5 Å². The summed E-state index contributed by atoms with van der Waals surface area (Å²) < 4.78 is 5.15. The van der Waals surface area contributed by atoms with E-state index in [4.69, 9.17) is 4.74 Å². The average Bonchev–Trinajstić information content (AvgIpc) is 2.85. The van der Waals surface area contributed by atoms with E-state index in [1.165, 1.54) is 19.3 Å². The largest absolute Gasteiger partial charge is 0.497 e. The van der Waals surface area contributed by atoms with Crippen molar-refractivity contribution in [1.82, 2.24) is 10.2 Å². The van der Waals surface area contributed by atoms with Crippen LogP contribution in [0, 0.1) is 5.92 Å². The predicted octanol–water partition coefficient (Wildman–Crippen LogP) is 4.61. The highest BCUT2D eigenvalue weighted by Crippen LogP contribution is 2.23. The van der Waals surface area contributed by atoms with Crippen LogP contribution in [0.2, 0.25) is 0 Å². The van der Waals surface area contributed by atoms with Crippen molar-refractivity contribution in [3.63, 3.8) is 0 Å². The van der Waals surface area contributed by atoms with Crippen LogP contribution in [0.1, 0.15) is 60.9 Å². The summed E-state index contributed by atoms with van der Waals surface area (Å²) in [5.74, 6) is 0.978. The van der Waals surface area contributed by atoms with E-state index in [1.807, 2.05) is 18.2 Å². The number of likely N-dealkylation sites (tertiary alicyclic amines) is 1. The highest BCUT2D eigenvalue weighted by Gasteiger charge is 2.27. The maximum absolute atomic E-state index is 12.7. The number of anilines is 1. The first-order chi connectivity index (χ1) is 16.1. The zero-order valence-electron chi connectivity index (χ0n) is 19.5. The van der Waals surface area contributed by atoms with E-state index < -0.39 is 0 Å². The van der Waals surface area contributed by atoms with E-state index in [1.54, 1.807) is 31.4 Å². The number of methoxy groups -OCH3 is 1. The molecule has 4 rings (SSSR count). The lowest BCUT2D eigenvalue weighted by Gasteiger charge is -2.32. The molecule has 1 aliphatic heterocycles. The van der Waals surface area contributed by atoms with E-state index in [-0.39, 0.29) is 17.7 Å². The fraction of sp³-hybridized carbons (Fsp3) is 0.481. The first kappa shape index (κ1) is 23.3. The molecule has 2 aromatic rings. The van der Waals surface area contributed by atoms with Gasteiger partial charge in [-0.15, -0.1) is 0 Å². The zero-order chi connectivity index (χ0) is 23.0. The molecule has 6 nitrogen and oxygen atoms in total. The van der Waals surface area contributed by atoms with Gasteiger partial charge in [0.1, 0.15) is 5.75 Å². The van der Waals surface area contributed by atoms with Crippen molar-refractivity contribution < 1.29 is 14.3 Å². The van der Waals surface area contributed by atoms with Gasteiger partial charge in [-0.05, 0) is 80.7 Å². The van der Waals surface area contributed by atoms with E-state index in [0.29, 0.717) is 11.6 Å². The van der Waals surface area contributed by atoms with Crippen molar-refractivity contribution >= 4 is 17.5 Å². The lowest BCUT2D eigenvalue weighted by molar-refractivity contribution is -0.127. The number of nitrogens with zero attached hydrogens (tertiary/aromatic N) is 1. The predicted molar refractivity (Wildman–Crippen MR) is 130 cm³/mol. The van der Waals surface area contributed by atoms with Gasteiger partial charge in [0.05, 0.1) is 7.11 Å². The Kier molecular flexibility index (Phi) is 8.00. The van der Waals surface area contributed by atoms with Crippen molar-refractivity contribution in [3.8, 4) is 5.75 Å². The molecule has 0 atom stereocenters. The fourth-order valence-electron chi connectivity index (χ4n) is 4.87. The van der Waals surface area contributed by atoms with Gasteiger partial charge in [-0.2, -0.15) is 0 Å². The number of hydrogen-bond acceptors (Lipinski definition) is 4. The quantitative estimate of drug-likeness (QED) is 0.648. The van der Waals surface area contributed by atoms with Gasteiger partial charge >= 0.3 is 0 Å². The molecule has 1 saturated heterocycles. The summed E-state index contributed by atoms with van der Waals surface area (Å²) in [5.41, 5.74) is 2.54. The highest BCUT2D eigenvalue weighted by atomic mass is 16.5. The molecular formula is C27H35N3O3. The van der Waals surface area contributed by atoms with Crippen LogP contribution < -0.4 is 15.4 Å². The second kappa shape index (κ2) is 11.3. The van der Waals surface area contributed by atoms with Crippen LogP contribution in [0.15, 0.2) is 48.5 Å². The van der Waals surface area contributed by atoms with Crippen LogP contribution in [0.3, 0.4) is 0 Å². The number of hydrogen-bond donors (Lipinski definition) is 2. The molecule has 2 fully saturated rings. The molecule has 0 aromatic heterocycles. The van der Waals surface area contributed by atoms with Crippen LogP contribution in [-0.4, -0.2) is 43.0 Å². The van der Waals surface area contributed by atoms with Crippen LogP contribution >= 0.6 is 0 Å². The molecule has 2 aliphatic rings. The Morgan fingerprint density at radius 3 is 2.39 bits per heavy atom. The molecule has 2 aromatic carbocycles. The van der Waals surface area contributed by atoms with Crippen LogP contribution in [0.25, 0.3) is 0 Å². The highest BCUT2D eigenvalue weighted by molar-refractivity contribution is 6.04. The third kappa shape index (κ3) is 6.57. The Labute approximate surface area is 196 Å². The molecular weight excluding hydrogens is 414 g/mol. The van der Waals surface area contributed by atoms with Crippen molar-refractivity contribution in [2.45, 2.75) is 57.5 Å². The monoisotopic (exact) mass is 449 g/mol. The smallest absolute Gasteiger partial charge is 0.255 e. The van der Waals surface area contributed by atoms with Gasteiger partial charge in [0.2, 0.25) is 5.91 Å². The Morgan fingerprint density at radius 2 is 1.70 bits per heavy atom. The van der Waals surface area contributed by atoms with Gasteiger partial charge in [0, 0.05) is 29.8 Å². The maximum Gasteiger partial charge on any atom is 0.255 e. The van der Waals surface area contributed by atoms with Gasteiger partial charge in [0.25, 0.3) is 5.91 Å². The van der Waals surface area contributed by atoms with Crippen molar-refractivity contribution in [2.24, 2.45) is 5.92 Å². The van der Waals surface area contributed by atoms with Gasteiger partial charge < -0.3 is 15.4 Å². The number of amides is 2. The summed E-state index contributed by atoms with van der Waals surface area (Å²) in [6.45, 7) is 2.67. The summed E-state index contributed by atoms with van der Waals surface area (Å²) in [4.78, 5) is 27.6. The Balaban J connectivity index is 1.25. The molecule has 1 saturated carbocycles. The van der Waals surface area contributed by atoms with E-state index in [2.05, 4.69) is 21.6 Å². The summed E-state index contributed by atoms with van der Waals surface area (Å²) in [6.07, 6.45) is 7.87. The van der Waals surface area contributed by atoms with Gasteiger partial charge in [-0.25, -0.2) is 0 Å². The van der Waals surface area contributed by atoms with Crippen LogP contribution in [0.4, 0.5) is 5.69 Å². The summed E-state index contributed by atoms with van der Waals surface area (Å²) in [7, 11) is 1.61. The number of benzene rings is 2. The molecule has 1 aliphatic carbocycles. The Morgan fingerprint density at radius 1 is 0.970 bits per heavy atom. The van der Waals surface area contributed by atoms with E-state index in [9.17, 15) is 9.59 Å². The number of carbonyl (C=O) groups is 2. The Bertz CT molecular complexity index is 930. The van der Waals surface area contributed by atoms with Crippen LogP contribution in [0.5, 0.6) is 5.75 Å². The summed E-state index contributed by atoms with van der Waals surface area (Å²) in [6, 6.07) is 15.5. The minimum atomic E-state index is -0.139. The molecule has 0 spiro atoms. The first-order valence-corrected chi connectivity index (χ1v) is 12.2. The molecule has 176 valence electrons.